The number of amides is 1. The van der Waals surface area contributed by atoms with Crippen LogP contribution in [0.2, 0.25) is 0 Å². The first-order chi connectivity index (χ1) is 7.31. The van der Waals surface area contributed by atoms with Crippen molar-refractivity contribution in [1.29, 1.82) is 0 Å². The zero-order valence-corrected chi connectivity index (χ0v) is 9.13. The molecule has 1 amide bonds. The van der Waals surface area contributed by atoms with E-state index in [1.165, 1.54) is 0 Å². The molecule has 0 unspecified atom stereocenters. The summed E-state index contributed by atoms with van der Waals surface area (Å²) in [6.45, 7) is 0. The van der Waals surface area contributed by atoms with Crippen molar-refractivity contribution in [3.05, 3.63) is 24.0 Å². The molecule has 0 aromatic heterocycles. The van der Waals surface area contributed by atoms with Crippen LogP contribution in [0, 0.1) is 5.82 Å². The molecule has 0 fully saturated rings. The van der Waals surface area contributed by atoms with Crippen LogP contribution in [-0.2, 0) is 14.6 Å². The van der Waals surface area contributed by atoms with Crippen LogP contribution in [0.5, 0.6) is 0 Å². The summed E-state index contributed by atoms with van der Waals surface area (Å²) in [5.41, 5.74) is 10.2. The second-order valence-electron chi connectivity index (χ2n) is 3.26. The van der Waals surface area contributed by atoms with Crippen molar-refractivity contribution in [3.63, 3.8) is 0 Å². The maximum absolute atomic E-state index is 12.9. The number of halogens is 1. The van der Waals surface area contributed by atoms with E-state index in [-0.39, 0.29) is 17.0 Å². The highest BCUT2D eigenvalue weighted by Gasteiger charge is 2.16. The molecule has 7 heteroatoms. The molecule has 88 valence electrons. The third kappa shape index (κ3) is 3.20. The highest BCUT2D eigenvalue weighted by atomic mass is 32.2. The average Bonchev–Trinajstić information content (AvgIpc) is 2.13. The van der Waals surface area contributed by atoms with E-state index in [9.17, 15) is 17.6 Å². The fraction of sp³-hybridized carbons (Fsp3) is 0.222. The van der Waals surface area contributed by atoms with Gasteiger partial charge in [0.15, 0.2) is 9.84 Å². The SMILES string of the molecule is NC(=O)CCS(=O)(=O)c1cc(N)cc(F)c1. The largest absolute Gasteiger partial charge is 0.399 e. The highest BCUT2D eigenvalue weighted by molar-refractivity contribution is 7.91. The predicted octanol–water partition coefficient (Wildman–Crippen LogP) is 0.0570. The molecule has 1 aromatic carbocycles. The predicted molar refractivity (Wildman–Crippen MR) is 56.7 cm³/mol. The monoisotopic (exact) mass is 246 g/mol. The van der Waals surface area contributed by atoms with Crippen LogP contribution in [0.25, 0.3) is 0 Å². The number of hydrogen-bond acceptors (Lipinski definition) is 4. The Balaban J connectivity index is 3.02. The second kappa shape index (κ2) is 4.48. The summed E-state index contributed by atoms with van der Waals surface area (Å²) in [7, 11) is -3.72. The van der Waals surface area contributed by atoms with Gasteiger partial charge in [0.25, 0.3) is 0 Å². The molecule has 0 saturated heterocycles. The summed E-state index contributed by atoms with van der Waals surface area (Å²) in [5.74, 6) is -1.92. The Bertz CT molecular complexity index is 493. The number of rotatable bonds is 4. The van der Waals surface area contributed by atoms with Gasteiger partial charge in [-0.25, -0.2) is 12.8 Å². The average molecular weight is 246 g/mol. The van der Waals surface area contributed by atoms with Crippen molar-refractivity contribution in [2.24, 2.45) is 5.73 Å². The summed E-state index contributed by atoms with van der Waals surface area (Å²) in [4.78, 5) is 10.2. The summed E-state index contributed by atoms with van der Waals surface area (Å²) >= 11 is 0. The van der Waals surface area contributed by atoms with Crippen molar-refractivity contribution in [3.8, 4) is 0 Å². The third-order valence-electron chi connectivity index (χ3n) is 1.87. The number of carbonyl (C=O) groups excluding carboxylic acids is 1. The molecule has 0 aliphatic rings. The smallest absolute Gasteiger partial charge is 0.218 e. The molecule has 16 heavy (non-hydrogen) atoms. The number of benzene rings is 1. The van der Waals surface area contributed by atoms with Crippen molar-refractivity contribution >= 4 is 21.4 Å². The molecule has 0 aliphatic carbocycles. The van der Waals surface area contributed by atoms with E-state index in [2.05, 4.69) is 0 Å². The van der Waals surface area contributed by atoms with E-state index < -0.39 is 27.3 Å². The summed E-state index contributed by atoms with van der Waals surface area (Å²) in [6.07, 6.45) is -0.307. The fourth-order valence-corrected chi connectivity index (χ4v) is 2.43. The minimum Gasteiger partial charge on any atom is -0.399 e. The maximum atomic E-state index is 12.9. The molecule has 0 radical (unpaired) electrons. The van der Waals surface area contributed by atoms with Gasteiger partial charge in [-0.1, -0.05) is 0 Å². The molecular formula is C9H11FN2O3S. The first kappa shape index (κ1) is 12.4. The van der Waals surface area contributed by atoms with Gasteiger partial charge in [0.05, 0.1) is 10.6 Å². The van der Waals surface area contributed by atoms with Gasteiger partial charge in [0.1, 0.15) is 5.82 Å². The first-order valence-corrected chi connectivity index (χ1v) is 6.03. The third-order valence-corrected chi connectivity index (χ3v) is 3.57. The van der Waals surface area contributed by atoms with Gasteiger partial charge in [0, 0.05) is 12.1 Å². The molecule has 4 N–H and O–H groups in total. The van der Waals surface area contributed by atoms with Crippen LogP contribution in [0.15, 0.2) is 23.1 Å². The molecule has 1 rings (SSSR count). The molecule has 5 nitrogen and oxygen atoms in total. The van der Waals surface area contributed by atoms with Crippen LogP contribution in [-0.4, -0.2) is 20.1 Å². The first-order valence-electron chi connectivity index (χ1n) is 4.38. The Hall–Kier alpha value is -1.63. The normalized spacial score (nSPS) is 11.3. The van der Waals surface area contributed by atoms with Gasteiger partial charge in [-0.3, -0.25) is 4.79 Å². The lowest BCUT2D eigenvalue weighted by molar-refractivity contribution is -0.117. The minimum atomic E-state index is -3.72. The van der Waals surface area contributed by atoms with Gasteiger partial charge < -0.3 is 11.5 Å². The molecule has 1 aromatic rings. The standard InChI is InChI=1S/C9H11FN2O3S/c10-6-3-7(11)5-8(4-6)16(14,15)2-1-9(12)13/h3-5H,1-2,11H2,(H2,12,13). The lowest BCUT2D eigenvalue weighted by atomic mass is 10.3. The zero-order chi connectivity index (χ0) is 12.3. The van der Waals surface area contributed by atoms with E-state index in [1.807, 2.05) is 0 Å². The van der Waals surface area contributed by atoms with Gasteiger partial charge in [-0.15, -0.1) is 0 Å². The number of primary amides is 1. The molecule has 0 atom stereocenters. The van der Waals surface area contributed by atoms with Crippen LogP contribution in [0.1, 0.15) is 6.42 Å². The number of nitrogen functional groups attached to an aromatic ring is 1. The summed E-state index contributed by atoms with van der Waals surface area (Å²) < 4.78 is 36.1. The minimum absolute atomic E-state index is 0.0117. The lowest BCUT2D eigenvalue weighted by Gasteiger charge is -2.04. The Kier molecular flexibility index (Phi) is 3.48. The Morgan fingerprint density at radius 2 is 1.94 bits per heavy atom. The van der Waals surface area contributed by atoms with Gasteiger partial charge in [0.2, 0.25) is 5.91 Å². The second-order valence-corrected chi connectivity index (χ2v) is 5.36. The number of sulfone groups is 1. The Labute approximate surface area is 92.2 Å². The van der Waals surface area contributed by atoms with E-state index in [4.69, 9.17) is 11.5 Å². The van der Waals surface area contributed by atoms with E-state index >= 15 is 0 Å². The van der Waals surface area contributed by atoms with Crippen molar-refractivity contribution in [1.82, 2.24) is 0 Å². The molecule has 0 aliphatic heterocycles. The highest BCUT2D eigenvalue weighted by Crippen LogP contribution is 2.17. The Morgan fingerprint density at radius 3 is 2.44 bits per heavy atom. The fourth-order valence-electron chi connectivity index (χ4n) is 1.12. The molecule has 0 spiro atoms. The van der Waals surface area contributed by atoms with Gasteiger partial charge in [-0.2, -0.15) is 0 Å². The van der Waals surface area contributed by atoms with Crippen LogP contribution in [0.3, 0.4) is 0 Å². The number of nitrogens with two attached hydrogens (primary N) is 2. The quantitative estimate of drug-likeness (QED) is 0.733. The number of hydrogen-bond donors (Lipinski definition) is 2. The molecule has 0 bridgehead atoms. The van der Waals surface area contributed by atoms with Crippen LogP contribution < -0.4 is 11.5 Å². The van der Waals surface area contributed by atoms with E-state index in [1.54, 1.807) is 0 Å². The van der Waals surface area contributed by atoms with Crippen molar-refractivity contribution < 1.29 is 17.6 Å². The van der Waals surface area contributed by atoms with Crippen LogP contribution >= 0.6 is 0 Å². The summed E-state index contributed by atoms with van der Waals surface area (Å²) in [6, 6.07) is 3.00. The molecular weight excluding hydrogens is 235 g/mol. The molecule has 0 heterocycles. The number of anilines is 1. The van der Waals surface area contributed by atoms with Gasteiger partial charge in [-0.05, 0) is 18.2 Å². The van der Waals surface area contributed by atoms with Gasteiger partial charge >= 0.3 is 0 Å². The maximum Gasteiger partial charge on any atom is 0.218 e. The number of carbonyl (C=O) groups is 1. The topological polar surface area (TPSA) is 103 Å². The van der Waals surface area contributed by atoms with Crippen LogP contribution in [0.4, 0.5) is 10.1 Å². The van der Waals surface area contributed by atoms with E-state index in [0.29, 0.717) is 0 Å². The molecule has 0 saturated carbocycles. The van der Waals surface area contributed by atoms with Crippen molar-refractivity contribution in [2.45, 2.75) is 11.3 Å². The Morgan fingerprint density at radius 1 is 1.31 bits per heavy atom. The lowest BCUT2D eigenvalue weighted by Crippen LogP contribution is -2.17. The van der Waals surface area contributed by atoms with Crippen molar-refractivity contribution in [2.75, 3.05) is 11.5 Å². The van der Waals surface area contributed by atoms with E-state index in [0.717, 1.165) is 18.2 Å². The summed E-state index contributed by atoms with van der Waals surface area (Å²) in [5, 5.41) is 0. The zero-order valence-electron chi connectivity index (χ0n) is 8.31.